The predicted molar refractivity (Wildman–Crippen MR) is 98.0 cm³/mol. The van der Waals surface area contributed by atoms with Crippen LogP contribution in [0.2, 0.25) is 0 Å². The van der Waals surface area contributed by atoms with Crippen molar-refractivity contribution in [2.75, 3.05) is 29.9 Å². The first-order chi connectivity index (χ1) is 12.6. The third-order valence-corrected chi connectivity index (χ3v) is 5.63. The molecule has 3 aliphatic rings. The van der Waals surface area contributed by atoms with Gasteiger partial charge in [-0.25, -0.2) is 4.79 Å². The third kappa shape index (κ3) is 3.02. The first-order valence-corrected chi connectivity index (χ1v) is 9.36. The number of carbonyl (C=O) groups excluding carboxylic acids is 3. The number of rotatable bonds is 4. The maximum absolute atomic E-state index is 12.6. The Labute approximate surface area is 152 Å². The lowest BCUT2D eigenvalue weighted by Crippen LogP contribution is -2.44. The second-order valence-corrected chi connectivity index (χ2v) is 7.40. The molecular weight excluding hydrogens is 332 g/mol. The minimum atomic E-state index is -0.769. The van der Waals surface area contributed by atoms with Gasteiger partial charge >= 0.3 is 6.03 Å². The molecule has 4 amide bonds. The van der Waals surface area contributed by atoms with E-state index in [9.17, 15) is 14.4 Å². The second kappa shape index (κ2) is 6.63. The van der Waals surface area contributed by atoms with Crippen molar-refractivity contribution in [3.63, 3.8) is 0 Å². The molecule has 7 heteroatoms. The third-order valence-electron chi connectivity index (χ3n) is 5.63. The number of amides is 4. The summed E-state index contributed by atoms with van der Waals surface area (Å²) in [5.74, 6) is -0.628. The molecular formula is C19H24N4O3. The standard InChI is InChI=1S/C19H24N4O3/c24-16(13-23-17(25)19(21-18(23)26)9-1-2-10-19)20-14-5-7-15(8-6-14)22-11-3-4-12-22/h5-8H,1-4,9-13H2,(H,20,24)(H,21,26). The van der Waals surface area contributed by atoms with Crippen molar-refractivity contribution in [3.05, 3.63) is 24.3 Å². The minimum Gasteiger partial charge on any atom is -0.372 e. The van der Waals surface area contributed by atoms with Gasteiger partial charge in [-0.15, -0.1) is 0 Å². The van der Waals surface area contributed by atoms with Gasteiger partial charge in [-0.3, -0.25) is 14.5 Å². The summed E-state index contributed by atoms with van der Waals surface area (Å²) < 4.78 is 0. The maximum Gasteiger partial charge on any atom is 0.325 e. The Morgan fingerprint density at radius 2 is 1.69 bits per heavy atom. The van der Waals surface area contributed by atoms with Gasteiger partial charge in [0.15, 0.2) is 0 Å². The monoisotopic (exact) mass is 356 g/mol. The van der Waals surface area contributed by atoms with Crippen LogP contribution >= 0.6 is 0 Å². The minimum absolute atomic E-state index is 0.250. The van der Waals surface area contributed by atoms with E-state index in [-0.39, 0.29) is 18.4 Å². The van der Waals surface area contributed by atoms with Crippen molar-refractivity contribution >= 4 is 29.2 Å². The highest BCUT2D eigenvalue weighted by atomic mass is 16.2. The van der Waals surface area contributed by atoms with E-state index in [1.165, 1.54) is 12.8 Å². The molecule has 2 saturated heterocycles. The number of anilines is 2. The fourth-order valence-electron chi connectivity index (χ4n) is 4.21. The fourth-order valence-corrected chi connectivity index (χ4v) is 4.21. The van der Waals surface area contributed by atoms with Crippen LogP contribution in [0.4, 0.5) is 16.2 Å². The summed E-state index contributed by atoms with van der Waals surface area (Å²) in [6.07, 6.45) is 5.60. The van der Waals surface area contributed by atoms with Crippen LogP contribution in [0, 0.1) is 0 Å². The zero-order valence-electron chi connectivity index (χ0n) is 14.8. The lowest BCUT2D eigenvalue weighted by Gasteiger charge is -2.20. The van der Waals surface area contributed by atoms with Crippen molar-refractivity contribution in [1.82, 2.24) is 10.2 Å². The van der Waals surface area contributed by atoms with E-state index in [2.05, 4.69) is 15.5 Å². The zero-order valence-corrected chi connectivity index (χ0v) is 14.8. The van der Waals surface area contributed by atoms with E-state index < -0.39 is 11.6 Å². The van der Waals surface area contributed by atoms with Crippen LogP contribution < -0.4 is 15.5 Å². The SMILES string of the molecule is O=C(CN1C(=O)NC2(CCCC2)C1=O)Nc1ccc(N2CCCC2)cc1. The number of carbonyl (C=O) groups is 3. The van der Waals surface area contributed by atoms with Gasteiger partial charge in [-0.2, -0.15) is 0 Å². The van der Waals surface area contributed by atoms with Crippen LogP contribution in [-0.4, -0.2) is 47.9 Å². The van der Waals surface area contributed by atoms with Gasteiger partial charge in [-0.05, 0) is 49.9 Å². The first kappa shape index (κ1) is 16.9. The van der Waals surface area contributed by atoms with Crippen LogP contribution in [0.25, 0.3) is 0 Å². The summed E-state index contributed by atoms with van der Waals surface area (Å²) in [5, 5.41) is 5.56. The topological polar surface area (TPSA) is 81.8 Å². The van der Waals surface area contributed by atoms with E-state index in [0.717, 1.165) is 36.5 Å². The van der Waals surface area contributed by atoms with Gasteiger partial charge in [-0.1, -0.05) is 12.8 Å². The average molecular weight is 356 g/mol. The first-order valence-electron chi connectivity index (χ1n) is 9.36. The lowest BCUT2D eigenvalue weighted by atomic mass is 9.98. The molecule has 26 heavy (non-hydrogen) atoms. The van der Waals surface area contributed by atoms with Crippen LogP contribution in [0.1, 0.15) is 38.5 Å². The van der Waals surface area contributed by atoms with E-state index in [1.54, 1.807) is 0 Å². The smallest absolute Gasteiger partial charge is 0.325 e. The summed E-state index contributed by atoms with van der Waals surface area (Å²) >= 11 is 0. The van der Waals surface area contributed by atoms with Crippen LogP contribution in [0.3, 0.4) is 0 Å². The van der Waals surface area contributed by atoms with Gasteiger partial charge in [0.05, 0.1) is 0 Å². The summed E-state index contributed by atoms with van der Waals surface area (Å²) in [7, 11) is 0. The Hall–Kier alpha value is -2.57. The van der Waals surface area contributed by atoms with Crippen LogP contribution in [0.15, 0.2) is 24.3 Å². The molecule has 1 aromatic rings. The number of hydrogen-bond donors (Lipinski definition) is 2. The van der Waals surface area contributed by atoms with Crippen molar-refractivity contribution in [2.45, 2.75) is 44.1 Å². The van der Waals surface area contributed by atoms with Crippen molar-refractivity contribution < 1.29 is 14.4 Å². The van der Waals surface area contributed by atoms with E-state index in [0.29, 0.717) is 18.5 Å². The Morgan fingerprint density at radius 3 is 2.35 bits per heavy atom. The Kier molecular flexibility index (Phi) is 4.30. The Morgan fingerprint density at radius 1 is 1.04 bits per heavy atom. The van der Waals surface area contributed by atoms with E-state index in [4.69, 9.17) is 0 Å². The molecule has 2 heterocycles. The molecule has 4 rings (SSSR count). The number of hydrogen-bond acceptors (Lipinski definition) is 4. The number of nitrogens with one attached hydrogen (secondary N) is 2. The molecule has 1 aliphatic carbocycles. The molecule has 7 nitrogen and oxygen atoms in total. The lowest BCUT2D eigenvalue weighted by molar-refractivity contribution is -0.133. The predicted octanol–water partition coefficient (Wildman–Crippen LogP) is 2.09. The summed E-state index contributed by atoms with van der Waals surface area (Å²) in [5.41, 5.74) is 1.05. The highest BCUT2D eigenvalue weighted by Gasteiger charge is 2.52. The summed E-state index contributed by atoms with van der Waals surface area (Å²) in [6, 6.07) is 7.23. The molecule has 0 atom stereocenters. The average Bonchev–Trinajstić information content (AvgIpc) is 3.35. The molecule has 1 aromatic carbocycles. The van der Waals surface area contributed by atoms with Crippen molar-refractivity contribution in [1.29, 1.82) is 0 Å². The summed E-state index contributed by atoms with van der Waals surface area (Å²) in [6.45, 7) is 1.89. The van der Waals surface area contributed by atoms with Gasteiger partial charge in [0, 0.05) is 24.5 Å². The summed E-state index contributed by atoms with van der Waals surface area (Å²) in [4.78, 5) is 40.4. The molecule has 2 aliphatic heterocycles. The number of nitrogens with zero attached hydrogens (tertiary/aromatic N) is 2. The highest BCUT2D eigenvalue weighted by molar-refractivity contribution is 6.10. The van der Waals surface area contributed by atoms with Gasteiger partial charge < -0.3 is 15.5 Å². The molecule has 138 valence electrons. The van der Waals surface area contributed by atoms with Crippen LogP contribution in [0.5, 0.6) is 0 Å². The molecule has 2 N–H and O–H groups in total. The second-order valence-electron chi connectivity index (χ2n) is 7.40. The molecule has 1 saturated carbocycles. The number of imide groups is 1. The van der Waals surface area contributed by atoms with Gasteiger partial charge in [0.25, 0.3) is 5.91 Å². The Balaban J connectivity index is 1.36. The normalized spacial score (nSPS) is 21.5. The molecule has 3 fully saturated rings. The molecule has 1 spiro atoms. The fraction of sp³-hybridized carbons (Fsp3) is 0.526. The van der Waals surface area contributed by atoms with Gasteiger partial charge in [0.2, 0.25) is 5.91 Å². The van der Waals surface area contributed by atoms with Crippen LogP contribution in [-0.2, 0) is 9.59 Å². The van der Waals surface area contributed by atoms with E-state index in [1.807, 2.05) is 24.3 Å². The Bertz CT molecular complexity index is 719. The zero-order chi connectivity index (χ0) is 18.1. The van der Waals surface area contributed by atoms with Crippen molar-refractivity contribution in [3.8, 4) is 0 Å². The molecule has 0 bridgehead atoms. The molecule has 0 aromatic heterocycles. The largest absolute Gasteiger partial charge is 0.372 e. The molecule has 0 radical (unpaired) electrons. The number of benzene rings is 1. The number of urea groups is 1. The maximum atomic E-state index is 12.6. The molecule has 0 unspecified atom stereocenters. The van der Waals surface area contributed by atoms with Gasteiger partial charge in [0.1, 0.15) is 12.1 Å². The van der Waals surface area contributed by atoms with E-state index >= 15 is 0 Å². The van der Waals surface area contributed by atoms with Crippen molar-refractivity contribution in [2.24, 2.45) is 0 Å². The quantitative estimate of drug-likeness (QED) is 0.810. The highest BCUT2D eigenvalue weighted by Crippen LogP contribution is 2.35.